The number of halogens is 2. The van der Waals surface area contributed by atoms with Gasteiger partial charge in [-0.2, -0.15) is 0 Å². The molecule has 122 valence electrons. The average molecular weight is 332 g/mol. The molecule has 3 rings (SSSR count). The fourth-order valence-corrected chi connectivity index (χ4v) is 4.83. The molecule has 2 aliphatic rings. The predicted molar refractivity (Wildman–Crippen MR) is 77.0 cm³/mol. The van der Waals surface area contributed by atoms with Gasteiger partial charge >= 0.3 is 5.92 Å². The summed E-state index contributed by atoms with van der Waals surface area (Å²) in [6, 6.07) is 8.86. The molecule has 0 aliphatic carbocycles. The summed E-state index contributed by atoms with van der Waals surface area (Å²) in [5.41, 5.74) is -6.52. The number of aliphatic hydroxyl groups excluding tert-OH is 1. The smallest absolute Gasteiger partial charge is 0.308 e. The lowest BCUT2D eigenvalue weighted by molar-refractivity contribution is -0.257. The van der Waals surface area contributed by atoms with Gasteiger partial charge in [0.05, 0.1) is 11.9 Å². The second-order valence-corrected chi connectivity index (χ2v) is 7.43. The number of ether oxygens (including phenoxy) is 1. The van der Waals surface area contributed by atoms with Crippen molar-refractivity contribution in [3.63, 3.8) is 0 Å². The van der Waals surface area contributed by atoms with Crippen LogP contribution in [0.5, 0.6) is 0 Å². The van der Waals surface area contributed by atoms with Crippen molar-refractivity contribution >= 4 is 11.8 Å². The summed E-state index contributed by atoms with van der Waals surface area (Å²) in [5, 5.41) is 29.5. The third-order valence-corrected chi connectivity index (χ3v) is 6.59. The molecular formula is C15H18F2O4S. The van der Waals surface area contributed by atoms with Crippen LogP contribution in [0.15, 0.2) is 35.2 Å². The van der Waals surface area contributed by atoms with Crippen LogP contribution in [-0.2, 0) is 4.74 Å². The zero-order valence-corrected chi connectivity index (χ0v) is 13.0. The number of rotatable bonds is 3. The Kier molecular flexibility index (Phi) is 3.40. The highest BCUT2D eigenvalue weighted by molar-refractivity contribution is 8.00. The summed E-state index contributed by atoms with van der Waals surface area (Å²) in [6.07, 6.45) is -1.69. The number of hydrogen-bond acceptors (Lipinski definition) is 5. The molecule has 7 heteroatoms. The van der Waals surface area contributed by atoms with Gasteiger partial charge in [-0.1, -0.05) is 18.2 Å². The molecular weight excluding hydrogens is 314 g/mol. The molecule has 0 saturated carbocycles. The second-order valence-electron chi connectivity index (χ2n) is 6.21. The number of hydrogen-bond donors (Lipinski definition) is 3. The van der Waals surface area contributed by atoms with E-state index in [4.69, 9.17) is 4.74 Å². The van der Waals surface area contributed by atoms with Crippen LogP contribution in [-0.4, -0.2) is 56.0 Å². The van der Waals surface area contributed by atoms with Crippen LogP contribution in [0.1, 0.15) is 13.8 Å². The van der Waals surface area contributed by atoms with E-state index in [2.05, 4.69) is 0 Å². The molecule has 1 aromatic rings. The van der Waals surface area contributed by atoms with Gasteiger partial charge in [0.15, 0.2) is 5.60 Å². The van der Waals surface area contributed by atoms with Crippen LogP contribution < -0.4 is 0 Å². The van der Waals surface area contributed by atoms with Crippen LogP contribution in [0.4, 0.5) is 8.78 Å². The Bertz CT molecular complexity index is 582. The lowest BCUT2D eigenvalue weighted by Crippen LogP contribution is -2.75. The number of thioether (sulfide) groups is 1. The molecule has 1 aromatic carbocycles. The normalized spacial score (nSPS) is 46.1. The summed E-state index contributed by atoms with van der Waals surface area (Å²) in [7, 11) is 0. The number of fused-ring (bicyclic) bond motifs is 2. The molecule has 2 fully saturated rings. The van der Waals surface area contributed by atoms with E-state index in [0.717, 1.165) is 16.7 Å². The molecule has 0 spiro atoms. The van der Waals surface area contributed by atoms with E-state index in [1.165, 1.54) is 13.8 Å². The quantitative estimate of drug-likeness (QED) is 0.781. The zero-order valence-electron chi connectivity index (χ0n) is 12.2. The molecule has 3 N–H and O–H groups in total. The number of benzene rings is 1. The summed E-state index contributed by atoms with van der Waals surface area (Å²) in [4.78, 5) is 0.718. The van der Waals surface area contributed by atoms with E-state index < -0.39 is 40.7 Å². The third-order valence-electron chi connectivity index (χ3n) is 5.09. The Balaban J connectivity index is 2.03. The molecule has 2 aliphatic heterocycles. The van der Waals surface area contributed by atoms with Crippen molar-refractivity contribution in [1.29, 1.82) is 0 Å². The molecule has 0 unspecified atom stereocenters. The van der Waals surface area contributed by atoms with Gasteiger partial charge in [-0.05, 0) is 26.0 Å². The first kappa shape index (κ1) is 16.1. The van der Waals surface area contributed by atoms with Gasteiger partial charge in [-0.3, -0.25) is 0 Å². The van der Waals surface area contributed by atoms with Gasteiger partial charge in [-0.15, -0.1) is 11.8 Å². The van der Waals surface area contributed by atoms with E-state index in [1.54, 1.807) is 30.3 Å². The van der Waals surface area contributed by atoms with Gasteiger partial charge < -0.3 is 20.1 Å². The first-order valence-electron chi connectivity index (χ1n) is 6.95. The minimum absolute atomic E-state index is 0.718. The highest BCUT2D eigenvalue weighted by Crippen LogP contribution is 2.64. The molecule has 2 heterocycles. The van der Waals surface area contributed by atoms with Crippen LogP contribution in [0.25, 0.3) is 0 Å². The van der Waals surface area contributed by atoms with Crippen molar-refractivity contribution in [1.82, 2.24) is 0 Å². The first-order valence-corrected chi connectivity index (χ1v) is 7.83. The van der Waals surface area contributed by atoms with Crippen LogP contribution >= 0.6 is 11.8 Å². The van der Waals surface area contributed by atoms with Crippen molar-refractivity contribution < 1.29 is 28.8 Å². The fourth-order valence-electron chi connectivity index (χ4n) is 3.41. The SMILES string of the molecule is C[C@]12O[C@H]([C@H](Sc3ccccc3)[C@@]1(C)O)C(F)(F)[C@]2(O)CO. The zero-order chi connectivity index (χ0) is 16.4. The molecule has 0 radical (unpaired) electrons. The van der Waals surface area contributed by atoms with Gasteiger partial charge in [-0.25, -0.2) is 8.78 Å². The molecule has 0 aromatic heterocycles. The van der Waals surface area contributed by atoms with E-state index in [-0.39, 0.29) is 0 Å². The largest absolute Gasteiger partial charge is 0.393 e. The summed E-state index contributed by atoms with van der Waals surface area (Å²) >= 11 is 1.09. The first-order chi connectivity index (χ1) is 10.1. The Hall–Kier alpha value is -0.730. The Morgan fingerprint density at radius 2 is 1.77 bits per heavy atom. The van der Waals surface area contributed by atoms with Gasteiger partial charge in [0, 0.05) is 4.90 Å². The maximum Gasteiger partial charge on any atom is 0.308 e. The molecule has 0 amide bonds. The van der Waals surface area contributed by atoms with Crippen molar-refractivity contribution in [3.05, 3.63) is 30.3 Å². The Labute approximate surface area is 131 Å². The maximum absolute atomic E-state index is 14.6. The highest BCUT2D eigenvalue weighted by atomic mass is 32.2. The lowest BCUT2D eigenvalue weighted by Gasteiger charge is -2.50. The van der Waals surface area contributed by atoms with Gasteiger partial charge in [0.2, 0.25) is 0 Å². The Morgan fingerprint density at radius 1 is 1.18 bits per heavy atom. The summed E-state index contributed by atoms with van der Waals surface area (Å²) in [6.45, 7) is 1.40. The van der Waals surface area contributed by atoms with Crippen molar-refractivity contribution in [3.8, 4) is 0 Å². The van der Waals surface area contributed by atoms with Crippen LogP contribution in [0.3, 0.4) is 0 Å². The summed E-state index contributed by atoms with van der Waals surface area (Å²) < 4.78 is 34.5. The molecule has 2 bridgehead atoms. The second kappa shape index (κ2) is 4.64. The summed E-state index contributed by atoms with van der Waals surface area (Å²) in [5.74, 6) is -3.66. The van der Waals surface area contributed by atoms with Crippen molar-refractivity contribution in [2.24, 2.45) is 0 Å². The molecule has 5 atom stereocenters. The standard InChI is InChI=1S/C15H18F2O4S/c1-12(19)11(22-9-6-4-3-5-7-9)10-15(16,17)14(20,8-18)13(12,2)21-10/h3-7,10-11,18-20H,8H2,1-2H3/t10-,11+,12-,13+,14+/m1/s1. The predicted octanol–water partition coefficient (Wildman–Crippen LogP) is 1.43. The third kappa shape index (κ3) is 1.66. The van der Waals surface area contributed by atoms with E-state index in [0.29, 0.717) is 0 Å². The van der Waals surface area contributed by atoms with E-state index in [9.17, 15) is 24.1 Å². The minimum atomic E-state index is -3.66. The van der Waals surface area contributed by atoms with Crippen molar-refractivity contribution in [2.75, 3.05) is 6.61 Å². The minimum Gasteiger partial charge on any atom is -0.393 e. The maximum atomic E-state index is 14.6. The lowest BCUT2D eigenvalue weighted by atomic mass is 9.65. The van der Waals surface area contributed by atoms with E-state index in [1.807, 2.05) is 0 Å². The van der Waals surface area contributed by atoms with Crippen LogP contribution in [0.2, 0.25) is 0 Å². The molecule has 4 nitrogen and oxygen atoms in total. The number of alkyl halides is 2. The van der Waals surface area contributed by atoms with Crippen LogP contribution in [0, 0.1) is 0 Å². The van der Waals surface area contributed by atoms with Gasteiger partial charge in [0.1, 0.15) is 17.3 Å². The number of aliphatic hydroxyl groups is 3. The fraction of sp³-hybridized carbons (Fsp3) is 0.600. The van der Waals surface area contributed by atoms with Crippen molar-refractivity contribution in [2.45, 2.75) is 52.8 Å². The average Bonchev–Trinajstić information content (AvgIpc) is 2.78. The highest BCUT2D eigenvalue weighted by Gasteiger charge is 2.86. The monoisotopic (exact) mass is 332 g/mol. The Morgan fingerprint density at radius 3 is 2.32 bits per heavy atom. The topological polar surface area (TPSA) is 69.9 Å². The van der Waals surface area contributed by atoms with E-state index >= 15 is 0 Å². The molecule has 22 heavy (non-hydrogen) atoms. The molecule has 2 saturated heterocycles. The van der Waals surface area contributed by atoms with Gasteiger partial charge in [0.25, 0.3) is 0 Å².